The van der Waals surface area contributed by atoms with Crippen LogP contribution in [0.5, 0.6) is 5.75 Å². The zero-order chi connectivity index (χ0) is 23.9. The SMILES string of the molecule is COc1ccc(C#CCN2CCOCC2)cc1C(=O)c1ccc(Nc2ccc(F)cc2F)cc1. The molecule has 1 heterocycles. The lowest BCUT2D eigenvalue weighted by molar-refractivity contribution is 0.0443. The van der Waals surface area contributed by atoms with Crippen LogP contribution < -0.4 is 10.1 Å². The molecule has 1 N–H and O–H groups in total. The van der Waals surface area contributed by atoms with Crippen molar-refractivity contribution in [3.05, 3.63) is 89.0 Å². The van der Waals surface area contributed by atoms with Crippen molar-refractivity contribution < 1.29 is 23.0 Å². The molecule has 0 saturated carbocycles. The van der Waals surface area contributed by atoms with Crippen molar-refractivity contribution in [1.82, 2.24) is 4.90 Å². The maximum absolute atomic E-state index is 13.9. The second-order valence-electron chi connectivity index (χ2n) is 7.76. The smallest absolute Gasteiger partial charge is 0.196 e. The molecule has 1 aliphatic rings. The summed E-state index contributed by atoms with van der Waals surface area (Å²) in [5.41, 5.74) is 2.29. The Balaban J connectivity index is 1.49. The highest BCUT2D eigenvalue weighted by Gasteiger charge is 2.16. The number of carbonyl (C=O) groups excluding carboxylic acids is 1. The highest BCUT2D eigenvalue weighted by molar-refractivity contribution is 6.11. The van der Waals surface area contributed by atoms with Crippen LogP contribution in [0.25, 0.3) is 0 Å². The first-order valence-electron chi connectivity index (χ1n) is 10.9. The number of nitrogens with one attached hydrogen (secondary N) is 1. The summed E-state index contributed by atoms with van der Waals surface area (Å²) in [6, 6.07) is 15.2. The molecule has 3 aromatic rings. The van der Waals surface area contributed by atoms with Crippen LogP contribution >= 0.6 is 0 Å². The van der Waals surface area contributed by atoms with Crippen LogP contribution in [-0.2, 0) is 4.74 Å². The third-order valence-corrected chi connectivity index (χ3v) is 5.44. The third kappa shape index (κ3) is 5.79. The molecule has 3 aromatic carbocycles. The lowest BCUT2D eigenvalue weighted by Gasteiger charge is -2.24. The summed E-state index contributed by atoms with van der Waals surface area (Å²) in [7, 11) is 1.51. The topological polar surface area (TPSA) is 50.8 Å². The van der Waals surface area contributed by atoms with Gasteiger partial charge >= 0.3 is 0 Å². The number of nitrogens with zero attached hydrogens (tertiary/aromatic N) is 1. The Morgan fingerprint density at radius 2 is 1.82 bits per heavy atom. The van der Waals surface area contributed by atoms with E-state index >= 15 is 0 Å². The van der Waals surface area contributed by atoms with Gasteiger partial charge in [-0.25, -0.2) is 8.78 Å². The van der Waals surface area contributed by atoms with Gasteiger partial charge in [0.05, 0.1) is 38.1 Å². The Hall–Kier alpha value is -3.73. The maximum Gasteiger partial charge on any atom is 0.196 e. The summed E-state index contributed by atoms with van der Waals surface area (Å²) in [4.78, 5) is 15.4. The molecule has 1 fully saturated rings. The molecule has 174 valence electrons. The van der Waals surface area contributed by atoms with E-state index in [2.05, 4.69) is 22.1 Å². The lowest BCUT2D eigenvalue weighted by Crippen LogP contribution is -2.36. The molecule has 4 rings (SSSR count). The summed E-state index contributed by atoms with van der Waals surface area (Å²) in [5.74, 6) is 5.18. The average Bonchev–Trinajstić information content (AvgIpc) is 2.86. The number of halogens is 2. The Kier molecular flexibility index (Phi) is 7.53. The van der Waals surface area contributed by atoms with E-state index < -0.39 is 11.6 Å². The van der Waals surface area contributed by atoms with Gasteiger partial charge in [0.1, 0.15) is 17.4 Å². The zero-order valence-corrected chi connectivity index (χ0v) is 18.7. The Morgan fingerprint density at radius 1 is 1.06 bits per heavy atom. The van der Waals surface area contributed by atoms with E-state index in [0.29, 0.717) is 29.1 Å². The molecule has 5 nitrogen and oxygen atoms in total. The van der Waals surface area contributed by atoms with Gasteiger partial charge < -0.3 is 14.8 Å². The molecule has 0 spiro atoms. The van der Waals surface area contributed by atoms with Crippen molar-refractivity contribution in [2.24, 2.45) is 0 Å². The Bertz CT molecular complexity index is 1230. The number of morpholine rings is 1. The highest BCUT2D eigenvalue weighted by atomic mass is 19.1. The molecule has 0 atom stereocenters. The number of methoxy groups -OCH3 is 1. The number of hydrogen-bond donors (Lipinski definition) is 1. The van der Waals surface area contributed by atoms with Crippen molar-refractivity contribution >= 4 is 17.2 Å². The number of ketones is 1. The summed E-state index contributed by atoms with van der Waals surface area (Å²) in [5, 5.41) is 2.88. The van der Waals surface area contributed by atoms with Crippen LogP contribution in [0.1, 0.15) is 21.5 Å². The second kappa shape index (κ2) is 10.9. The number of ether oxygens (including phenoxy) is 2. The van der Waals surface area contributed by atoms with Gasteiger partial charge in [0.2, 0.25) is 0 Å². The minimum absolute atomic E-state index is 0.144. The van der Waals surface area contributed by atoms with Gasteiger partial charge in [0.25, 0.3) is 0 Å². The van der Waals surface area contributed by atoms with Gasteiger partial charge in [-0.15, -0.1) is 0 Å². The number of benzene rings is 3. The van der Waals surface area contributed by atoms with Crippen molar-refractivity contribution in [2.75, 3.05) is 45.3 Å². The van der Waals surface area contributed by atoms with Crippen LogP contribution in [-0.4, -0.2) is 50.6 Å². The van der Waals surface area contributed by atoms with Crippen molar-refractivity contribution in [3.8, 4) is 17.6 Å². The first kappa shape index (κ1) is 23.4. The van der Waals surface area contributed by atoms with Crippen LogP contribution in [0.2, 0.25) is 0 Å². The Morgan fingerprint density at radius 3 is 2.53 bits per heavy atom. The molecule has 0 unspecified atom stereocenters. The van der Waals surface area contributed by atoms with Gasteiger partial charge in [0.15, 0.2) is 5.78 Å². The molecule has 0 radical (unpaired) electrons. The minimum Gasteiger partial charge on any atom is -0.496 e. The van der Waals surface area contributed by atoms with Gasteiger partial charge in [0, 0.05) is 36.0 Å². The van der Waals surface area contributed by atoms with Crippen LogP contribution in [0.15, 0.2) is 60.7 Å². The molecule has 0 aliphatic carbocycles. The van der Waals surface area contributed by atoms with Crippen molar-refractivity contribution in [1.29, 1.82) is 0 Å². The molecular weight excluding hydrogens is 438 g/mol. The highest BCUT2D eigenvalue weighted by Crippen LogP contribution is 2.25. The molecule has 0 bridgehead atoms. The van der Waals surface area contributed by atoms with Crippen LogP contribution in [0, 0.1) is 23.5 Å². The van der Waals surface area contributed by atoms with E-state index in [0.717, 1.165) is 37.9 Å². The fourth-order valence-corrected chi connectivity index (χ4v) is 3.58. The summed E-state index contributed by atoms with van der Waals surface area (Å²) in [6.07, 6.45) is 0. The maximum atomic E-state index is 13.9. The van der Waals surface area contributed by atoms with Gasteiger partial charge in [-0.2, -0.15) is 0 Å². The molecule has 1 saturated heterocycles. The van der Waals surface area contributed by atoms with E-state index in [9.17, 15) is 13.6 Å². The zero-order valence-electron chi connectivity index (χ0n) is 18.7. The first-order chi connectivity index (χ1) is 16.5. The predicted octanol–water partition coefficient (Wildman–Crippen LogP) is 4.63. The molecule has 1 aliphatic heterocycles. The van der Waals surface area contributed by atoms with E-state index in [1.54, 1.807) is 36.4 Å². The predicted molar refractivity (Wildman–Crippen MR) is 127 cm³/mol. The van der Waals surface area contributed by atoms with E-state index in [-0.39, 0.29) is 11.5 Å². The summed E-state index contributed by atoms with van der Waals surface area (Å²) in [6.45, 7) is 3.80. The normalized spacial score (nSPS) is 13.6. The van der Waals surface area contributed by atoms with E-state index in [1.807, 2.05) is 6.07 Å². The molecule has 0 amide bonds. The standard InChI is InChI=1S/C27H24F2N2O3/c1-33-26-11-4-19(3-2-12-31-13-15-34-16-14-31)17-23(26)27(32)20-5-8-22(9-6-20)30-25-10-7-21(28)18-24(25)29/h4-11,17-18,30H,12-16H2,1H3. The van der Waals surface area contributed by atoms with Crippen molar-refractivity contribution in [2.45, 2.75) is 0 Å². The fraction of sp³-hybridized carbons (Fsp3) is 0.222. The number of hydrogen-bond acceptors (Lipinski definition) is 5. The minimum atomic E-state index is -0.698. The number of anilines is 2. The quantitative estimate of drug-likeness (QED) is 0.428. The van der Waals surface area contributed by atoms with E-state index in [1.165, 1.54) is 19.2 Å². The second-order valence-corrected chi connectivity index (χ2v) is 7.76. The third-order valence-electron chi connectivity index (χ3n) is 5.44. The molecule has 34 heavy (non-hydrogen) atoms. The first-order valence-corrected chi connectivity index (χ1v) is 10.9. The largest absolute Gasteiger partial charge is 0.496 e. The van der Waals surface area contributed by atoms with E-state index in [4.69, 9.17) is 9.47 Å². The van der Waals surface area contributed by atoms with Crippen LogP contribution in [0.4, 0.5) is 20.2 Å². The van der Waals surface area contributed by atoms with Gasteiger partial charge in [-0.1, -0.05) is 11.8 Å². The van der Waals surface area contributed by atoms with Gasteiger partial charge in [-0.3, -0.25) is 9.69 Å². The van der Waals surface area contributed by atoms with Crippen LogP contribution in [0.3, 0.4) is 0 Å². The summed E-state index contributed by atoms with van der Waals surface area (Å²) >= 11 is 0. The van der Waals surface area contributed by atoms with Crippen molar-refractivity contribution in [3.63, 3.8) is 0 Å². The number of carbonyl (C=O) groups is 1. The lowest BCUT2D eigenvalue weighted by atomic mass is 10.00. The van der Waals surface area contributed by atoms with Gasteiger partial charge in [-0.05, 0) is 54.6 Å². The number of rotatable bonds is 6. The summed E-state index contributed by atoms with van der Waals surface area (Å²) < 4.78 is 37.7. The Labute approximate surface area is 197 Å². The monoisotopic (exact) mass is 462 g/mol. The average molecular weight is 462 g/mol. The molecular formula is C27H24F2N2O3. The molecule has 0 aromatic heterocycles. The molecule has 7 heteroatoms. The fourth-order valence-electron chi connectivity index (χ4n) is 3.58.